The van der Waals surface area contributed by atoms with E-state index in [9.17, 15) is 0 Å². The quantitative estimate of drug-likeness (QED) is 0.819. The van der Waals surface area contributed by atoms with Gasteiger partial charge in [-0.15, -0.1) is 0 Å². The summed E-state index contributed by atoms with van der Waals surface area (Å²) in [6.45, 7) is 3.53. The molecule has 4 heteroatoms. The van der Waals surface area contributed by atoms with Crippen LogP contribution in [0.25, 0.3) is 0 Å². The van der Waals surface area contributed by atoms with Crippen molar-refractivity contribution in [2.45, 2.75) is 12.0 Å². The molecule has 2 aliphatic rings. The summed E-state index contributed by atoms with van der Waals surface area (Å²) in [5.41, 5.74) is 0.0577. The van der Waals surface area contributed by atoms with Crippen molar-refractivity contribution in [2.75, 3.05) is 26.3 Å². The Morgan fingerprint density at radius 3 is 3.19 bits per heavy atom. The van der Waals surface area contributed by atoms with Crippen LogP contribution >= 0.6 is 0 Å². The van der Waals surface area contributed by atoms with E-state index in [1.807, 2.05) is 12.1 Å². The molecule has 3 rings (SSSR count). The van der Waals surface area contributed by atoms with Gasteiger partial charge in [0.2, 0.25) is 0 Å². The lowest BCUT2D eigenvalue weighted by Crippen LogP contribution is -2.63. The van der Waals surface area contributed by atoms with Crippen LogP contribution in [-0.4, -0.2) is 36.9 Å². The van der Waals surface area contributed by atoms with Gasteiger partial charge in [0.1, 0.15) is 5.75 Å². The average Bonchev–Trinajstić information content (AvgIpc) is 2.71. The van der Waals surface area contributed by atoms with E-state index >= 15 is 0 Å². The maximum Gasteiger partial charge on any atom is 0.137 e. The summed E-state index contributed by atoms with van der Waals surface area (Å²) in [7, 11) is 0. The van der Waals surface area contributed by atoms with Crippen LogP contribution in [0.5, 0.6) is 5.75 Å². The molecular formula is C12H16N2O2. The van der Waals surface area contributed by atoms with Gasteiger partial charge in [0.15, 0.2) is 0 Å². The maximum absolute atomic E-state index is 5.82. The van der Waals surface area contributed by atoms with Gasteiger partial charge >= 0.3 is 0 Å². The Kier molecular flexibility index (Phi) is 2.53. The second kappa shape index (κ2) is 4.03. The van der Waals surface area contributed by atoms with Crippen LogP contribution in [0, 0.1) is 5.92 Å². The monoisotopic (exact) mass is 220 g/mol. The maximum atomic E-state index is 5.82. The minimum atomic E-state index is 0.0577. The van der Waals surface area contributed by atoms with Gasteiger partial charge in [0.05, 0.1) is 18.4 Å². The molecule has 1 aromatic heterocycles. The first-order chi connectivity index (χ1) is 7.89. The van der Waals surface area contributed by atoms with Gasteiger partial charge in [-0.25, -0.2) is 0 Å². The lowest BCUT2D eigenvalue weighted by atomic mass is 9.83. The molecular weight excluding hydrogens is 204 g/mol. The molecule has 1 N–H and O–H groups in total. The zero-order valence-electron chi connectivity index (χ0n) is 9.19. The summed E-state index contributed by atoms with van der Waals surface area (Å²) in [5, 5.41) is 3.28. The molecule has 2 fully saturated rings. The van der Waals surface area contributed by atoms with Gasteiger partial charge in [-0.3, -0.25) is 4.98 Å². The van der Waals surface area contributed by atoms with Crippen LogP contribution in [-0.2, 0) is 4.74 Å². The van der Waals surface area contributed by atoms with E-state index in [0.29, 0.717) is 5.92 Å². The standard InChI is InChI=1S/C12H16N2O2/c1-2-11(6-13-4-1)15-7-10-3-5-16-12(10)8-14-9-12/h1-2,4,6,10,14H,3,5,7-9H2/t10-/m0/s1. The van der Waals surface area contributed by atoms with Crippen molar-refractivity contribution >= 4 is 0 Å². The first-order valence-corrected chi connectivity index (χ1v) is 5.77. The van der Waals surface area contributed by atoms with Crippen molar-refractivity contribution in [1.82, 2.24) is 10.3 Å². The summed E-state index contributed by atoms with van der Waals surface area (Å²) in [6.07, 6.45) is 4.60. The third kappa shape index (κ3) is 1.68. The largest absolute Gasteiger partial charge is 0.492 e. The van der Waals surface area contributed by atoms with Gasteiger partial charge in [-0.2, -0.15) is 0 Å². The molecule has 4 nitrogen and oxygen atoms in total. The smallest absolute Gasteiger partial charge is 0.137 e. The number of nitrogens with zero attached hydrogens (tertiary/aromatic N) is 1. The van der Waals surface area contributed by atoms with Crippen molar-refractivity contribution in [3.63, 3.8) is 0 Å². The van der Waals surface area contributed by atoms with Crippen molar-refractivity contribution in [3.8, 4) is 5.75 Å². The van der Waals surface area contributed by atoms with Gasteiger partial charge in [-0.1, -0.05) is 0 Å². The molecule has 0 bridgehead atoms. The Labute approximate surface area is 95.0 Å². The number of rotatable bonds is 3. The molecule has 16 heavy (non-hydrogen) atoms. The molecule has 0 saturated carbocycles. The molecule has 0 aromatic carbocycles. The number of pyridine rings is 1. The van der Waals surface area contributed by atoms with Crippen molar-refractivity contribution in [2.24, 2.45) is 5.92 Å². The number of hydrogen-bond donors (Lipinski definition) is 1. The predicted octanol–water partition coefficient (Wildman–Crippen LogP) is 0.839. The van der Waals surface area contributed by atoms with Crippen LogP contribution < -0.4 is 10.1 Å². The summed E-state index contributed by atoms with van der Waals surface area (Å²) in [5.74, 6) is 1.35. The Morgan fingerprint density at radius 1 is 1.56 bits per heavy atom. The molecule has 0 unspecified atom stereocenters. The van der Waals surface area contributed by atoms with Crippen LogP contribution in [0.3, 0.4) is 0 Å². The van der Waals surface area contributed by atoms with E-state index in [1.54, 1.807) is 12.4 Å². The highest BCUT2D eigenvalue weighted by atomic mass is 16.5. The Bertz CT molecular complexity index is 351. The number of aromatic nitrogens is 1. The Hall–Kier alpha value is -1.13. The van der Waals surface area contributed by atoms with Crippen molar-refractivity contribution < 1.29 is 9.47 Å². The van der Waals surface area contributed by atoms with E-state index in [-0.39, 0.29) is 5.60 Å². The van der Waals surface area contributed by atoms with Crippen molar-refractivity contribution in [1.29, 1.82) is 0 Å². The van der Waals surface area contributed by atoms with Crippen LogP contribution in [0.1, 0.15) is 6.42 Å². The highest BCUT2D eigenvalue weighted by Gasteiger charge is 2.49. The molecule has 3 heterocycles. The molecule has 1 spiro atoms. The number of nitrogens with one attached hydrogen (secondary N) is 1. The highest BCUT2D eigenvalue weighted by molar-refractivity contribution is 5.15. The average molecular weight is 220 g/mol. The molecule has 2 aliphatic heterocycles. The first-order valence-electron chi connectivity index (χ1n) is 5.77. The molecule has 1 aromatic rings. The molecule has 0 aliphatic carbocycles. The van der Waals surface area contributed by atoms with Crippen molar-refractivity contribution in [3.05, 3.63) is 24.5 Å². The zero-order valence-corrected chi connectivity index (χ0v) is 9.19. The molecule has 2 saturated heterocycles. The lowest BCUT2D eigenvalue weighted by Gasteiger charge is -2.42. The topological polar surface area (TPSA) is 43.4 Å². The third-order valence-corrected chi connectivity index (χ3v) is 3.53. The van der Waals surface area contributed by atoms with Gasteiger partial charge in [-0.05, 0) is 18.6 Å². The lowest BCUT2D eigenvalue weighted by molar-refractivity contribution is -0.0690. The first kappa shape index (κ1) is 10.1. The Balaban J connectivity index is 1.59. The second-order valence-corrected chi connectivity index (χ2v) is 4.50. The predicted molar refractivity (Wildman–Crippen MR) is 59.4 cm³/mol. The normalized spacial score (nSPS) is 26.6. The minimum Gasteiger partial charge on any atom is -0.492 e. The molecule has 0 amide bonds. The SMILES string of the molecule is c1cncc(OC[C@@H]2CCOC23CNC3)c1. The van der Waals surface area contributed by atoms with Crippen LogP contribution in [0.4, 0.5) is 0 Å². The van der Waals surface area contributed by atoms with Gasteiger partial charge in [0.25, 0.3) is 0 Å². The van der Waals surface area contributed by atoms with E-state index in [1.165, 1.54) is 0 Å². The fraction of sp³-hybridized carbons (Fsp3) is 0.583. The molecule has 1 atom stereocenters. The van der Waals surface area contributed by atoms with Gasteiger partial charge in [0, 0.05) is 31.8 Å². The number of ether oxygens (including phenoxy) is 2. The fourth-order valence-corrected chi connectivity index (χ4v) is 2.41. The van der Waals surface area contributed by atoms with Crippen LogP contribution in [0.15, 0.2) is 24.5 Å². The van der Waals surface area contributed by atoms with Gasteiger partial charge < -0.3 is 14.8 Å². The zero-order chi connectivity index (χ0) is 10.8. The highest BCUT2D eigenvalue weighted by Crippen LogP contribution is 2.35. The van der Waals surface area contributed by atoms with E-state index < -0.39 is 0 Å². The van der Waals surface area contributed by atoms with E-state index in [4.69, 9.17) is 9.47 Å². The Morgan fingerprint density at radius 2 is 2.50 bits per heavy atom. The third-order valence-electron chi connectivity index (χ3n) is 3.53. The minimum absolute atomic E-state index is 0.0577. The summed E-state index contributed by atoms with van der Waals surface area (Å²) in [4.78, 5) is 4.03. The fourth-order valence-electron chi connectivity index (χ4n) is 2.41. The number of hydrogen-bond acceptors (Lipinski definition) is 4. The second-order valence-electron chi connectivity index (χ2n) is 4.50. The van der Waals surface area contributed by atoms with E-state index in [0.717, 1.165) is 38.5 Å². The summed E-state index contributed by atoms with van der Waals surface area (Å²) < 4.78 is 11.6. The summed E-state index contributed by atoms with van der Waals surface area (Å²) >= 11 is 0. The van der Waals surface area contributed by atoms with Crippen LogP contribution in [0.2, 0.25) is 0 Å². The molecule has 0 radical (unpaired) electrons. The molecule has 86 valence electrons. The summed E-state index contributed by atoms with van der Waals surface area (Å²) in [6, 6.07) is 3.83. The van der Waals surface area contributed by atoms with E-state index in [2.05, 4.69) is 10.3 Å².